The predicted molar refractivity (Wildman–Crippen MR) is 98.3 cm³/mol. The Kier molecular flexibility index (Phi) is 5.67. The Hall–Kier alpha value is -2.82. The summed E-state index contributed by atoms with van der Waals surface area (Å²) in [5, 5.41) is 5.98. The van der Waals surface area contributed by atoms with Crippen LogP contribution in [-0.4, -0.2) is 36.0 Å². The minimum absolute atomic E-state index is 0.0402. The Morgan fingerprint density at radius 2 is 1.52 bits per heavy atom. The van der Waals surface area contributed by atoms with E-state index in [4.69, 9.17) is 0 Å². The van der Waals surface area contributed by atoms with Crippen molar-refractivity contribution in [2.75, 3.05) is 18.4 Å². The Labute approximate surface area is 148 Å². The first-order valence-corrected chi connectivity index (χ1v) is 8.65. The molecule has 2 N–H and O–H groups in total. The zero-order valence-corrected chi connectivity index (χ0v) is 14.2. The number of urea groups is 1. The lowest BCUT2D eigenvalue weighted by molar-refractivity contribution is -0.121. The molecule has 1 heterocycles. The summed E-state index contributed by atoms with van der Waals surface area (Å²) in [7, 11) is 0. The van der Waals surface area contributed by atoms with E-state index in [9.17, 15) is 9.59 Å². The maximum absolute atomic E-state index is 12.3. The molecule has 1 fully saturated rings. The number of anilines is 1. The van der Waals surface area contributed by atoms with Crippen LogP contribution in [0.15, 0.2) is 60.7 Å². The third-order valence-corrected chi connectivity index (χ3v) is 4.38. The normalized spacial score (nSPS) is 14.8. The molecule has 0 aromatic heterocycles. The molecule has 0 saturated carbocycles. The number of carbonyl (C=O) groups is 2. The number of nitrogens with one attached hydrogen (secondary N) is 2. The minimum Gasteiger partial charge on any atom is -0.353 e. The summed E-state index contributed by atoms with van der Waals surface area (Å²) in [6, 6.07) is 19.2. The van der Waals surface area contributed by atoms with Crippen LogP contribution in [0.4, 0.5) is 10.5 Å². The van der Waals surface area contributed by atoms with Crippen LogP contribution in [-0.2, 0) is 11.2 Å². The number of piperidine rings is 1. The lowest BCUT2D eigenvalue weighted by Crippen LogP contribution is -2.48. The van der Waals surface area contributed by atoms with Gasteiger partial charge in [-0.15, -0.1) is 0 Å². The van der Waals surface area contributed by atoms with E-state index in [0.29, 0.717) is 19.5 Å². The number of hydrogen-bond donors (Lipinski definition) is 2. The van der Waals surface area contributed by atoms with Crippen molar-refractivity contribution in [1.29, 1.82) is 0 Å². The molecule has 0 unspecified atom stereocenters. The van der Waals surface area contributed by atoms with Crippen molar-refractivity contribution < 1.29 is 9.59 Å². The van der Waals surface area contributed by atoms with Crippen molar-refractivity contribution in [3.8, 4) is 0 Å². The topological polar surface area (TPSA) is 61.4 Å². The molecular weight excluding hydrogens is 314 g/mol. The molecule has 3 amide bonds. The van der Waals surface area contributed by atoms with E-state index in [0.717, 1.165) is 24.1 Å². The molecule has 3 rings (SSSR count). The average molecular weight is 337 g/mol. The molecule has 0 atom stereocenters. The highest BCUT2D eigenvalue weighted by atomic mass is 16.2. The molecular formula is C20H23N3O2. The van der Waals surface area contributed by atoms with Crippen LogP contribution in [0.3, 0.4) is 0 Å². The summed E-state index contributed by atoms with van der Waals surface area (Å²) in [6.45, 7) is 1.30. The van der Waals surface area contributed by atoms with Crippen molar-refractivity contribution in [3.63, 3.8) is 0 Å². The van der Waals surface area contributed by atoms with E-state index >= 15 is 0 Å². The molecule has 5 nitrogen and oxygen atoms in total. The van der Waals surface area contributed by atoms with Gasteiger partial charge in [-0.25, -0.2) is 4.79 Å². The summed E-state index contributed by atoms with van der Waals surface area (Å²) in [4.78, 5) is 26.2. The molecule has 1 saturated heterocycles. The van der Waals surface area contributed by atoms with E-state index in [1.807, 2.05) is 60.7 Å². The third kappa shape index (κ3) is 5.08. The second-order valence-electron chi connectivity index (χ2n) is 6.29. The van der Waals surface area contributed by atoms with Crippen molar-refractivity contribution in [3.05, 3.63) is 66.2 Å². The molecule has 0 aliphatic carbocycles. The smallest absolute Gasteiger partial charge is 0.321 e. The fourth-order valence-electron chi connectivity index (χ4n) is 3.01. The van der Waals surface area contributed by atoms with Gasteiger partial charge in [-0.1, -0.05) is 48.5 Å². The lowest BCUT2D eigenvalue weighted by Gasteiger charge is -2.32. The summed E-state index contributed by atoms with van der Waals surface area (Å²) in [5.74, 6) is 0.0402. The van der Waals surface area contributed by atoms with Crippen LogP contribution in [0.5, 0.6) is 0 Å². The summed E-state index contributed by atoms with van der Waals surface area (Å²) < 4.78 is 0. The van der Waals surface area contributed by atoms with E-state index in [1.165, 1.54) is 0 Å². The SMILES string of the molecule is O=C(Cc1ccccc1)NC1CCN(C(=O)Nc2ccccc2)CC1. The number of benzene rings is 2. The molecule has 2 aromatic rings. The Morgan fingerprint density at radius 1 is 0.920 bits per heavy atom. The molecule has 0 radical (unpaired) electrons. The Bertz CT molecular complexity index is 695. The summed E-state index contributed by atoms with van der Waals surface area (Å²) in [6.07, 6.45) is 1.96. The number of amides is 3. The third-order valence-electron chi connectivity index (χ3n) is 4.38. The van der Waals surface area contributed by atoms with Gasteiger partial charge in [0.05, 0.1) is 6.42 Å². The monoisotopic (exact) mass is 337 g/mol. The highest BCUT2D eigenvalue weighted by Crippen LogP contribution is 2.13. The number of nitrogens with zero attached hydrogens (tertiary/aromatic N) is 1. The van der Waals surface area contributed by atoms with Crippen molar-refractivity contribution in [2.24, 2.45) is 0 Å². The van der Waals surface area contributed by atoms with Gasteiger partial charge in [-0.2, -0.15) is 0 Å². The summed E-state index contributed by atoms with van der Waals surface area (Å²) >= 11 is 0. The maximum atomic E-state index is 12.3. The zero-order chi connectivity index (χ0) is 17.5. The molecule has 0 bridgehead atoms. The Morgan fingerprint density at radius 3 is 2.16 bits per heavy atom. The fraction of sp³-hybridized carbons (Fsp3) is 0.300. The van der Waals surface area contributed by atoms with Crippen molar-refractivity contribution in [2.45, 2.75) is 25.3 Å². The van der Waals surface area contributed by atoms with Gasteiger partial charge < -0.3 is 15.5 Å². The van der Waals surface area contributed by atoms with Gasteiger partial charge in [0.1, 0.15) is 0 Å². The first-order valence-electron chi connectivity index (χ1n) is 8.65. The van der Waals surface area contributed by atoms with Gasteiger partial charge in [0.25, 0.3) is 0 Å². The molecule has 0 spiro atoms. The molecule has 130 valence electrons. The van der Waals surface area contributed by atoms with Crippen LogP contribution in [0.1, 0.15) is 18.4 Å². The first kappa shape index (κ1) is 17.0. The van der Waals surface area contributed by atoms with E-state index in [2.05, 4.69) is 10.6 Å². The number of likely N-dealkylation sites (tertiary alicyclic amines) is 1. The van der Waals surface area contributed by atoms with Crippen LogP contribution >= 0.6 is 0 Å². The van der Waals surface area contributed by atoms with E-state index in [-0.39, 0.29) is 18.0 Å². The Balaban J connectivity index is 1.42. The number of hydrogen-bond acceptors (Lipinski definition) is 2. The predicted octanol–water partition coefficient (Wildman–Crippen LogP) is 3.04. The number of carbonyl (C=O) groups excluding carboxylic acids is 2. The van der Waals surface area contributed by atoms with Crippen LogP contribution in [0.25, 0.3) is 0 Å². The first-order chi connectivity index (χ1) is 12.2. The van der Waals surface area contributed by atoms with Gasteiger partial charge in [0.2, 0.25) is 5.91 Å². The van der Waals surface area contributed by atoms with Gasteiger partial charge in [-0.05, 0) is 30.5 Å². The van der Waals surface area contributed by atoms with Crippen LogP contribution < -0.4 is 10.6 Å². The minimum atomic E-state index is -0.0831. The largest absolute Gasteiger partial charge is 0.353 e. The highest BCUT2D eigenvalue weighted by Gasteiger charge is 2.23. The quantitative estimate of drug-likeness (QED) is 0.901. The number of para-hydroxylation sites is 1. The number of rotatable bonds is 4. The molecule has 1 aliphatic heterocycles. The maximum Gasteiger partial charge on any atom is 0.321 e. The highest BCUT2D eigenvalue weighted by molar-refractivity contribution is 5.89. The van der Waals surface area contributed by atoms with Gasteiger partial charge in [0.15, 0.2) is 0 Å². The van der Waals surface area contributed by atoms with E-state index in [1.54, 1.807) is 4.90 Å². The summed E-state index contributed by atoms with van der Waals surface area (Å²) in [5.41, 5.74) is 1.81. The van der Waals surface area contributed by atoms with Gasteiger partial charge >= 0.3 is 6.03 Å². The second-order valence-corrected chi connectivity index (χ2v) is 6.29. The fourth-order valence-corrected chi connectivity index (χ4v) is 3.01. The van der Waals surface area contributed by atoms with Crippen LogP contribution in [0, 0.1) is 0 Å². The van der Waals surface area contributed by atoms with Gasteiger partial charge in [0, 0.05) is 24.8 Å². The molecule has 1 aliphatic rings. The van der Waals surface area contributed by atoms with Gasteiger partial charge in [-0.3, -0.25) is 4.79 Å². The molecule has 5 heteroatoms. The second kappa shape index (κ2) is 8.33. The standard InChI is InChI=1S/C20H23N3O2/c24-19(15-16-7-3-1-4-8-16)21-18-11-13-23(14-12-18)20(25)22-17-9-5-2-6-10-17/h1-10,18H,11-15H2,(H,21,24)(H,22,25). The lowest BCUT2D eigenvalue weighted by atomic mass is 10.0. The van der Waals surface area contributed by atoms with Crippen molar-refractivity contribution in [1.82, 2.24) is 10.2 Å². The average Bonchev–Trinajstić information content (AvgIpc) is 2.64. The van der Waals surface area contributed by atoms with Crippen molar-refractivity contribution >= 4 is 17.6 Å². The van der Waals surface area contributed by atoms with Crippen LogP contribution in [0.2, 0.25) is 0 Å². The zero-order valence-electron chi connectivity index (χ0n) is 14.2. The molecule has 2 aromatic carbocycles. The molecule has 25 heavy (non-hydrogen) atoms. The van der Waals surface area contributed by atoms with E-state index < -0.39 is 0 Å².